The minimum absolute atomic E-state index is 0.744. The molecule has 0 saturated heterocycles. The molecule has 0 spiro atoms. The highest BCUT2D eigenvalue weighted by molar-refractivity contribution is 5.63. The second-order valence-electron chi connectivity index (χ2n) is 4.66. The summed E-state index contributed by atoms with van der Waals surface area (Å²) in [6, 6.07) is 23.8. The maximum atomic E-state index is 4.27. The lowest BCUT2D eigenvalue weighted by Gasteiger charge is -1.95. The Kier molecular flexibility index (Phi) is 4.73. The van der Waals surface area contributed by atoms with Crippen LogP contribution in [0, 0.1) is 11.8 Å². The highest BCUT2D eigenvalue weighted by Crippen LogP contribution is 2.17. The molecule has 2 aromatic carbocycles. The van der Waals surface area contributed by atoms with E-state index in [0.717, 1.165) is 22.5 Å². The SMILES string of the molecule is C(=Nc1ccncc1)=Nc1ccccc1C#Cc1ccccc1. The average Bonchev–Trinajstić information content (AvgIpc) is 2.63. The van der Waals surface area contributed by atoms with Crippen molar-refractivity contribution in [3.8, 4) is 11.8 Å². The molecule has 1 aromatic heterocycles. The number of pyridine rings is 1. The van der Waals surface area contributed by atoms with Crippen LogP contribution in [0.4, 0.5) is 11.4 Å². The molecule has 1 heterocycles. The third-order valence-electron chi connectivity index (χ3n) is 3.03. The molecule has 108 valence electrons. The summed E-state index contributed by atoms with van der Waals surface area (Å²) in [4.78, 5) is 12.4. The topological polar surface area (TPSA) is 37.6 Å². The lowest BCUT2D eigenvalue weighted by molar-refractivity contribution is 1.31. The van der Waals surface area contributed by atoms with Crippen molar-refractivity contribution in [3.05, 3.63) is 90.3 Å². The van der Waals surface area contributed by atoms with E-state index in [2.05, 4.69) is 32.8 Å². The first-order chi connectivity index (χ1) is 11.4. The number of rotatable bonds is 2. The van der Waals surface area contributed by atoms with Gasteiger partial charge >= 0.3 is 0 Å². The van der Waals surface area contributed by atoms with Crippen LogP contribution in [0.25, 0.3) is 0 Å². The molecular weight excluding hydrogens is 282 g/mol. The van der Waals surface area contributed by atoms with Crippen LogP contribution >= 0.6 is 0 Å². The zero-order chi connectivity index (χ0) is 15.7. The summed E-state index contributed by atoms with van der Waals surface area (Å²) in [5.41, 5.74) is 3.32. The quantitative estimate of drug-likeness (QED) is 0.502. The number of hydrogen-bond acceptors (Lipinski definition) is 3. The molecule has 0 amide bonds. The van der Waals surface area contributed by atoms with E-state index >= 15 is 0 Å². The summed E-state index contributed by atoms with van der Waals surface area (Å²) in [6.45, 7) is 0. The molecule has 0 fully saturated rings. The van der Waals surface area contributed by atoms with Crippen LogP contribution in [0.15, 0.2) is 89.1 Å². The molecule has 0 atom stereocenters. The molecule has 3 rings (SSSR count). The van der Waals surface area contributed by atoms with E-state index in [0.29, 0.717) is 0 Å². The van der Waals surface area contributed by atoms with Crippen molar-refractivity contribution in [1.82, 2.24) is 4.98 Å². The van der Waals surface area contributed by atoms with Crippen LogP contribution in [0.2, 0.25) is 0 Å². The van der Waals surface area contributed by atoms with Crippen molar-refractivity contribution >= 4 is 17.4 Å². The van der Waals surface area contributed by atoms with Gasteiger partial charge in [0.25, 0.3) is 0 Å². The number of aromatic nitrogens is 1. The van der Waals surface area contributed by atoms with Crippen molar-refractivity contribution in [2.24, 2.45) is 9.98 Å². The first kappa shape index (κ1) is 14.5. The van der Waals surface area contributed by atoms with E-state index in [-0.39, 0.29) is 0 Å². The predicted octanol–water partition coefficient (Wildman–Crippen LogP) is 4.62. The van der Waals surface area contributed by atoms with E-state index in [4.69, 9.17) is 0 Å². The number of benzene rings is 2. The molecule has 0 aliphatic heterocycles. The third-order valence-corrected chi connectivity index (χ3v) is 3.03. The standard InChI is InChI=1S/C20H13N3/c1-2-6-17(7-3-1)10-11-18-8-4-5-9-20(18)23-16-22-19-12-14-21-15-13-19/h1-9,12-15H. The van der Waals surface area contributed by atoms with Crippen LogP contribution < -0.4 is 0 Å². The van der Waals surface area contributed by atoms with Crippen molar-refractivity contribution in [2.45, 2.75) is 0 Å². The van der Waals surface area contributed by atoms with Gasteiger partial charge in [-0.3, -0.25) is 4.98 Å². The molecular formula is C20H13N3. The van der Waals surface area contributed by atoms with Gasteiger partial charge in [0.15, 0.2) is 0 Å². The molecule has 0 radical (unpaired) electrons. The summed E-state index contributed by atoms with van der Waals surface area (Å²) >= 11 is 0. The molecule has 0 saturated carbocycles. The molecule has 0 aliphatic carbocycles. The summed E-state index contributed by atoms with van der Waals surface area (Å²) < 4.78 is 0. The summed E-state index contributed by atoms with van der Waals surface area (Å²) in [6.07, 6.45) is 3.36. The van der Waals surface area contributed by atoms with E-state index in [1.54, 1.807) is 24.5 Å². The Balaban J connectivity index is 1.87. The fourth-order valence-corrected chi connectivity index (χ4v) is 1.89. The molecule has 3 aromatic rings. The highest BCUT2D eigenvalue weighted by atomic mass is 14.8. The maximum absolute atomic E-state index is 4.27. The zero-order valence-corrected chi connectivity index (χ0v) is 12.3. The minimum atomic E-state index is 0.744. The lowest BCUT2D eigenvalue weighted by Crippen LogP contribution is -1.77. The Morgan fingerprint density at radius 1 is 0.696 bits per heavy atom. The van der Waals surface area contributed by atoms with Gasteiger partial charge < -0.3 is 0 Å². The molecule has 0 N–H and O–H groups in total. The normalized spacial score (nSPS) is 9.22. The van der Waals surface area contributed by atoms with Gasteiger partial charge in [-0.2, -0.15) is 9.98 Å². The van der Waals surface area contributed by atoms with Crippen LogP contribution in [0.3, 0.4) is 0 Å². The van der Waals surface area contributed by atoms with Crippen LogP contribution in [-0.4, -0.2) is 11.0 Å². The molecule has 0 unspecified atom stereocenters. The second kappa shape index (κ2) is 7.51. The Morgan fingerprint density at radius 2 is 1.43 bits per heavy atom. The average molecular weight is 295 g/mol. The number of nitrogens with zero attached hydrogens (tertiary/aromatic N) is 3. The zero-order valence-electron chi connectivity index (χ0n) is 12.3. The van der Waals surface area contributed by atoms with Gasteiger partial charge in [0.1, 0.15) is 6.01 Å². The fraction of sp³-hybridized carbons (Fsp3) is 0. The van der Waals surface area contributed by atoms with E-state index in [1.807, 2.05) is 54.6 Å². The van der Waals surface area contributed by atoms with Gasteiger partial charge in [0.2, 0.25) is 0 Å². The Hall–Kier alpha value is -3.47. The fourth-order valence-electron chi connectivity index (χ4n) is 1.89. The van der Waals surface area contributed by atoms with Crippen molar-refractivity contribution in [1.29, 1.82) is 0 Å². The monoisotopic (exact) mass is 295 g/mol. The highest BCUT2D eigenvalue weighted by Gasteiger charge is 1.95. The van der Waals surface area contributed by atoms with Crippen LogP contribution in [0.1, 0.15) is 11.1 Å². The minimum Gasteiger partial charge on any atom is -0.265 e. The first-order valence-corrected chi connectivity index (χ1v) is 7.14. The van der Waals surface area contributed by atoms with Crippen molar-refractivity contribution in [2.75, 3.05) is 0 Å². The second-order valence-corrected chi connectivity index (χ2v) is 4.66. The van der Waals surface area contributed by atoms with Crippen molar-refractivity contribution < 1.29 is 0 Å². The maximum Gasteiger partial charge on any atom is 0.101 e. The van der Waals surface area contributed by atoms with Gasteiger partial charge in [-0.25, -0.2) is 0 Å². The third kappa shape index (κ3) is 4.25. The van der Waals surface area contributed by atoms with Gasteiger partial charge in [-0.1, -0.05) is 42.2 Å². The molecule has 3 nitrogen and oxygen atoms in total. The molecule has 3 heteroatoms. The van der Waals surface area contributed by atoms with E-state index in [1.165, 1.54) is 0 Å². The van der Waals surface area contributed by atoms with Crippen LogP contribution in [0.5, 0.6) is 0 Å². The Bertz CT molecular complexity index is 898. The summed E-state index contributed by atoms with van der Waals surface area (Å²) in [5.74, 6) is 6.28. The summed E-state index contributed by atoms with van der Waals surface area (Å²) in [7, 11) is 0. The van der Waals surface area contributed by atoms with E-state index < -0.39 is 0 Å². The number of hydrogen-bond donors (Lipinski definition) is 0. The molecule has 0 aliphatic rings. The number of aliphatic imine (C=N–C) groups is 2. The van der Waals surface area contributed by atoms with Gasteiger partial charge in [0, 0.05) is 18.0 Å². The molecule has 23 heavy (non-hydrogen) atoms. The van der Waals surface area contributed by atoms with Crippen LogP contribution in [-0.2, 0) is 0 Å². The largest absolute Gasteiger partial charge is 0.265 e. The Labute approximate surface area is 135 Å². The lowest BCUT2D eigenvalue weighted by atomic mass is 10.1. The van der Waals surface area contributed by atoms with Gasteiger partial charge in [0.05, 0.1) is 16.9 Å². The number of para-hydroxylation sites is 1. The van der Waals surface area contributed by atoms with Gasteiger partial charge in [-0.05, 0) is 36.4 Å². The smallest absolute Gasteiger partial charge is 0.101 e. The van der Waals surface area contributed by atoms with Gasteiger partial charge in [-0.15, -0.1) is 0 Å². The molecule has 0 bridgehead atoms. The summed E-state index contributed by atoms with van der Waals surface area (Å²) in [5, 5.41) is 0. The predicted molar refractivity (Wildman–Crippen MR) is 92.3 cm³/mol. The van der Waals surface area contributed by atoms with Crippen molar-refractivity contribution in [3.63, 3.8) is 0 Å². The Morgan fingerprint density at radius 3 is 2.26 bits per heavy atom. The first-order valence-electron chi connectivity index (χ1n) is 7.14. The van der Waals surface area contributed by atoms with E-state index in [9.17, 15) is 0 Å².